The highest BCUT2D eigenvalue weighted by Gasteiger charge is 2.16. The van der Waals surface area contributed by atoms with E-state index in [1.54, 1.807) is 4.57 Å². The monoisotopic (exact) mass is 284 g/mol. The molecule has 0 atom stereocenters. The lowest BCUT2D eigenvalue weighted by Gasteiger charge is -2.06. The number of hydrogen-bond donors (Lipinski definition) is 0. The van der Waals surface area contributed by atoms with Crippen LogP contribution in [0.3, 0.4) is 0 Å². The van der Waals surface area contributed by atoms with Gasteiger partial charge in [0, 0.05) is 18.2 Å². The molecule has 0 aliphatic rings. The second kappa shape index (κ2) is 5.31. The summed E-state index contributed by atoms with van der Waals surface area (Å²) in [7, 11) is 0. The van der Waals surface area contributed by atoms with Gasteiger partial charge in [-0.2, -0.15) is 0 Å². The maximum atomic E-state index is 13.4. The van der Waals surface area contributed by atoms with Crippen molar-refractivity contribution in [1.29, 1.82) is 0 Å². The summed E-state index contributed by atoms with van der Waals surface area (Å²) >= 11 is 5.72. The van der Waals surface area contributed by atoms with E-state index >= 15 is 0 Å². The van der Waals surface area contributed by atoms with Crippen LogP contribution in [0.2, 0.25) is 0 Å². The number of nitro groups is 1. The fourth-order valence-electron chi connectivity index (χ4n) is 1.79. The molecule has 1 aromatic carbocycles. The van der Waals surface area contributed by atoms with Gasteiger partial charge in [-0.15, -0.1) is 21.8 Å². The Bertz CT molecular complexity index is 629. The zero-order chi connectivity index (χ0) is 14.0. The van der Waals surface area contributed by atoms with E-state index in [0.29, 0.717) is 23.8 Å². The molecule has 6 nitrogen and oxygen atoms in total. The quantitative estimate of drug-likeness (QED) is 0.491. The fraction of sp³-hybridized carbons (Fsp3) is 0.273. The summed E-state index contributed by atoms with van der Waals surface area (Å²) in [5.41, 5.74) is -0.0227. The van der Waals surface area contributed by atoms with Crippen LogP contribution in [0.25, 0.3) is 11.4 Å². The Balaban J connectivity index is 2.58. The van der Waals surface area contributed by atoms with Crippen LogP contribution >= 0.6 is 11.6 Å². The third kappa shape index (κ3) is 2.55. The molecule has 0 aliphatic carbocycles. The number of hydrogen-bond acceptors (Lipinski definition) is 4. The Morgan fingerprint density at radius 1 is 1.42 bits per heavy atom. The molecule has 0 amide bonds. The summed E-state index contributed by atoms with van der Waals surface area (Å²) in [6, 6.07) is 3.30. The van der Waals surface area contributed by atoms with Gasteiger partial charge in [-0.05, 0) is 13.0 Å². The van der Waals surface area contributed by atoms with Gasteiger partial charge in [-0.25, -0.2) is 4.39 Å². The minimum absolute atomic E-state index is 0.165. The average molecular weight is 285 g/mol. The van der Waals surface area contributed by atoms with Gasteiger partial charge in [-0.3, -0.25) is 10.1 Å². The molecule has 0 N–H and O–H groups in total. The van der Waals surface area contributed by atoms with E-state index in [-0.39, 0.29) is 11.6 Å². The molecule has 100 valence electrons. The lowest BCUT2D eigenvalue weighted by atomic mass is 10.2. The molecule has 0 aliphatic heterocycles. The van der Waals surface area contributed by atoms with E-state index in [2.05, 4.69) is 10.2 Å². The second-order valence-electron chi connectivity index (χ2n) is 3.77. The van der Waals surface area contributed by atoms with Gasteiger partial charge in [0.15, 0.2) is 5.82 Å². The highest BCUT2D eigenvalue weighted by Crippen LogP contribution is 2.25. The number of halogens is 2. The first-order valence-corrected chi connectivity index (χ1v) is 6.03. The summed E-state index contributed by atoms with van der Waals surface area (Å²) in [5.74, 6) is 0.368. The Labute approximate surface area is 113 Å². The number of alkyl halides is 1. The van der Waals surface area contributed by atoms with E-state index in [0.717, 1.165) is 6.07 Å². The molecule has 0 fully saturated rings. The van der Waals surface area contributed by atoms with Crippen LogP contribution in [0.4, 0.5) is 10.1 Å². The molecule has 1 heterocycles. The molecule has 0 radical (unpaired) electrons. The standard InChI is InChI=1S/C11H10ClFN4O2/c1-2-16-10(6-12)14-15-11(16)7-3-8(13)5-9(4-7)17(18)19/h3-5H,2,6H2,1H3. The van der Waals surface area contributed by atoms with Crippen LogP contribution in [0.15, 0.2) is 18.2 Å². The SMILES string of the molecule is CCn1c(CCl)nnc1-c1cc(F)cc([N+](=O)[O-])c1. The molecule has 2 aromatic rings. The van der Waals surface area contributed by atoms with Crippen LogP contribution < -0.4 is 0 Å². The van der Waals surface area contributed by atoms with Crippen molar-refractivity contribution in [3.63, 3.8) is 0 Å². The number of nitro benzene ring substituents is 1. The van der Waals surface area contributed by atoms with Gasteiger partial charge in [0.1, 0.15) is 11.6 Å². The van der Waals surface area contributed by atoms with E-state index in [1.807, 2.05) is 6.92 Å². The van der Waals surface area contributed by atoms with Crippen molar-refractivity contribution in [1.82, 2.24) is 14.8 Å². The van der Waals surface area contributed by atoms with Gasteiger partial charge in [0.25, 0.3) is 5.69 Å². The van der Waals surface area contributed by atoms with Crippen LogP contribution in [-0.4, -0.2) is 19.7 Å². The Morgan fingerprint density at radius 3 is 2.74 bits per heavy atom. The van der Waals surface area contributed by atoms with Gasteiger partial charge < -0.3 is 4.57 Å². The highest BCUT2D eigenvalue weighted by molar-refractivity contribution is 6.16. The van der Waals surface area contributed by atoms with Crippen molar-refractivity contribution in [3.8, 4) is 11.4 Å². The Hall–Kier alpha value is -2.02. The van der Waals surface area contributed by atoms with Gasteiger partial charge in [0.05, 0.1) is 16.9 Å². The van der Waals surface area contributed by atoms with E-state index in [1.165, 1.54) is 12.1 Å². The van der Waals surface area contributed by atoms with Crippen LogP contribution in [-0.2, 0) is 12.4 Å². The Morgan fingerprint density at radius 2 is 2.16 bits per heavy atom. The predicted molar refractivity (Wildman–Crippen MR) is 67.3 cm³/mol. The molecule has 0 bridgehead atoms. The second-order valence-corrected chi connectivity index (χ2v) is 4.04. The van der Waals surface area contributed by atoms with Crippen molar-refractivity contribution in [2.75, 3.05) is 0 Å². The third-order valence-electron chi connectivity index (χ3n) is 2.61. The molecule has 2 rings (SSSR count). The van der Waals surface area contributed by atoms with E-state index < -0.39 is 10.7 Å². The number of non-ortho nitro benzene ring substituents is 1. The van der Waals surface area contributed by atoms with Crippen LogP contribution in [0.5, 0.6) is 0 Å². The van der Waals surface area contributed by atoms with Crippen LogP contribution in [0, 0.1) is 15.9 Å². The maximum Gasteiger partial charge on any atom is 0.273 e. The number of nitrogens with zero attached hydrogens (tertiary/aromatic N) is 4. The van der Waals surface area contributed by atoms with Crippen molar-refractivity contribution in [2.24, 2.45) is 0 Å². The normalized spacial score (nSPS) is 10.7. The van der Waals surface area contributed by atoms with Gasteiger partial charge >= 0.3 is 0 Å². The van der Waals surface area contributed by atoms with Gasteiger partial charge in [0.2, 0.25) is 0 Å². The molecular formula is C11H10ClFN4O2. The first kappa shape index (κ1) is 13.4. The maximum absolute atomic E-state index is 13.4. The molecule has 0 unspecified atom stereocenters. The fourth-order valence-corrected chi connectivity index (χ4v) is 1.99. The molecule has 8 heteroatoms. The smallest absolute Gasteiger partial charge is 0.273 e. The summed E-state index contributed by atoms with van der Waals surface area (Å²) in [6.45, 7) is 2.39. The molecule has 19 heavy (non-hydrogen) atoms. The summed E-state index contributed by atoms with van der Waals surface area (Å²) in [5, 5.41) is 18.5. The molecule has 0 saturated heterocycles. The minimum Gasteiger partial charge on any atom is -0.310 e. The lowest BCUT2D eigenvalue weighted by molar-refractivity contribution is -0.385. The summed E-state index contributed by atoms with van der Waals surface area (Å²) < 4.78 is 15.1. The molecule has 0 saturated carbocycles. The molecule has 0 spiro atoms. The minimum atomic E-state index is -0.692. The van der Waals surface area contributed by atoms with Gasteiger partial charge in [-0.1, -0.05) is 0 Å². The summed E-state index contributed by atoms with van der Waals surface area (Å²) in [4.78, 5) is 10.1. The van der Waals surface area contributed by atoms with E-state index in [9.17, 15) is 14.5 Å². The van der Waals surface area contributed by atoms with Crippen molar-refractivity contribution in [3.05, 3.63) is 40.0 Å². The zero-order valence-electron chi connectivity index (χ0n) is 10.0. The zero-order valence-corrected chi connectivity index (χ0v) is 10.8. The number of benzene rings is 1. The largest absolute Gasteiger partial charge is 0.310 e. The van der Waals surface area contributed by atoms with Crippen molar-refractivity contribution >= 4 is 17.3 Å². The third-order valence-corrected chi connectivity index (χ3v) is 2.85. The predicted octanol–water partition coefficient (Wildman–Crippen LogP) is 2.75. The van der Waals surface area contributed by atoms with Crippen molar-refractivity contribution in [2.45, 2.75) is 19.3 Å². The summed E-state index contributed by atoms with van der Waals surface area (Å²) in [6.07, 6.45) is 0. The molecule has 1 aromatic heterocycles. The Kier molecular flexibility index (Phi) is 3.75. The van der Waals surface area contributed by atoms with Crippen molar-refractivity contribution < 1.29 is 9.31 Å². The first-order chi connectivity index (χ1) is 9.06. The van der Waals surface area contributed by atoms with Crippen LogP contribution in [0.1, 0.15) is 12.7 Å². The number of aromatic nitrogens is 3. The number of rotatable bonds is 4. The first-order valence-electron chi connectivity index (χ1n) is 5.50. The lowest BCUT2D eigenvalue weighted by Crippen LogP contribution is -2.02. The highest BCUT2D eigenvalue weighted by atomic mass is 35.5. The topological polar surface area (TPSA) is 73.8 Å². The van der Waals surface area contributed by atoms with E-state index in [4.69, 9.17) is 11.6 Å². The molecular weight excluding hydrogens is 275 g/mol. The average Bonchev–Trinajstić information content (AvgIpc) is 2.80.